The molecule has 0 aromatic heterocycles. The van der Waals surface area contributed by atoms with Crippen LogP contribution in [-0.4, -0.2) is 11.7 Å². The van der Waals surface area contributed by atoms with E-state index in [2.05, 4.69) is 11.9 Å². The lowest BCUT2D eigenvalue weighted by Gasteiger charge is -2.11. The van der Waals surface area contributed by atoms with Gasteiger partial charge in [-0.25, -0.2) is 0 Å². The lowest BCUT2D eigenvalue weighted by Crippen LogP contribution is -2.13. The zero-order chi connectivity index (χ0) is 15.2. The van der Waals surface area contributed by atoms with Crippen LogP contribution in [0.5, 0.6) is 0 Å². The average Bonchev–Trinajstić information content (AvgIpc) is 2.48. The minimum atomic E-state index is -0.118. The van der Waals surface area contributed by atoms with Crippen LogP contribution < -0.4 is 5.32 Å². The summed E-state index contributed by atoms with van der Waals surface area (Å²) in [6.07, 6.45) is 1.82. The third kappa shape index (κ3) is 4.13. The van der Waals surface area contributed by atoms with Crippen molar-refractivity contribution in [3.8, 4) is 0 Å². The second kappa shape index (κ2) is 7.34. The van der Waals surface area contributed by atoms with E-state index in [1.54, 1.807) is 17.8 Å². The molecular weight excluding hydrogens is 302 g/mol. The Hall–Kier alpha value is -1.71. The molecule has 0 fully saturated rings. The highest BCUT2D eigenvalue weighted by atomic mass is 35.5. The second-order valence-electron chi connectivity index (χ2n) is 4.51. The van der Waals surface area contributed by atoms with Crippen molar-refractivity contribution in [1.29, 1.82) is 0 Å². The molecule has 4 heteroatoms. The molecular formula is C17H16ClNOS. The highest BCUT2D eigenvalue weighted by Gasteiger charge is 2.12. The Balaban J connectivity index is 2.22. The van der Waals surface area contributed by atoms with Gasteiger partial charge >= 0.3 is 0 Å². The smallest absolute Gasteiger partial charge is 0.256 e. The molecule has 1 amide bonds. The van der Waals surface area contributed by atoms with Gasteiger partial charge in [0.05, 0.1) is 5.56 Å². The fourth-order valence-electron chi connectivity index (χ4n) is 1.89. The summed E-state index contributed by atoms with van der Waals surface area (Å²) in [6.45, 7) is 5.62. The largest absolute Gasteiger partial charge is 0.322 e. The van der Waals surface area contributed by atoms with E-state index in [0.717, 1.165) is 21.9 Å². The van der Waals surface area contributed by atoms with Crippen molar-refractivity contribution in [2.45, 2.75) is 11.8 Å². The first-order valence-corrected chi connectivity index (χ1v) is 7.88. The number of aryl methyl sites for hydroxylation is 1. The van der Waals surface area contributed by atoms with Crippen LogP contribution in [0.1, 0.15) is 15.9 Å². The first-order chi connectivity index (χ1) is 10.1. The van der Waals surface area contributed by atoms with Crippen molar-refractivity contribution in [2.24, 2.45) is 0 Å². The summed E-state index contributed by atoms with van der Waals surface area (Å²) >= 11 is 7.52. The molecule has 0 saturated carbocycles. The molecule has 0 radical (unpaired) electrons. The molecule has 2 rings (SSSR count). The molecule has 2 aromatic rings. The van der Waals surface area contributed by atoms with Gasteiger partial charge in [-0.05, 0) is 42.8 Å². The zero-order valence-corrected chi connectivity index (χ0v) is 13.3. The number of anilines is 1. The van der Waals surface area contributed by atoms with Crippen LogP contribution in [0, 0.1) is 6.92 Å². The SMILES string of the molecule is C=CCSc1ccccc1C(=O)Nc1ccc(Cl)cc1C. The van der Waals surface area contributed by atoms with Gasteiger partial charge < -0.3 is 5.32 Å². The summed E-state index contributed by atoms with van der Waals surface area (Å²) in [7, 11) is 0. The summed E-state index contributed by atoms with van der Waals surface area (Å²) in [5.41, 5.74) is 2.37. The molecule has 0 unspecified atom stereocenters. The van der Waals surface area contributed by atoms with Crippen molar-refractivity contribution in [3.05, 3.63) is 71.3 Å². The van der Waals surface area contributed by atoms with E-state index in [-0.39, 0.29) is 5.91 Å². The number of carbonyl (C=O) groups is 1. The fourth-order valence-corrected chi connectivity index (χ4v) is 2.90. The molecule has 2 nitrogen and oxygen atoms in total. The summed E-state index contributed by atoms with van der Waals surface area (Å²) in [5, 5.41) is 3.59. The van der Waals surface area contributed by atoms with Gasteiger partial charge in [0, 0.05) is 21.4 Å². The number of benzene rings is 2. The second-order valence-corrected chi connectivity index (χ2v) is 6.01. The first kappa shape index (κ1) is 15.7. The van der Waals surface area contributed by atoms with Crippen molar-refractivity contribution < 1.29 is 4.79 Å². The Kier molecular flexibility index (Phi) is 5.48. The van der Waals surface area contributed by atoms with E-state index in [0.29, 0.717) is 10.6 Å². The van der Waals surface area contributed by atoms with E-state index in [1.807, 2.05) is 49.4 Å². The van der Waals surface area contributed by atoms with Crippen molar-refractivity contribution in [2.75, 3.05) is 11.1 Å². The molecule has 0 aliphatic carbocycles. The number of carbonyl (C=O) groups excluding carboxylic acids is 1. The highest BCUT2D eigenvalue weighted by Crippen LogP contribution is 2.25. The average molecular weight is 318 g/mol. The van der Waals surface area contributed by atoms with E-state index in [1.165, 1.54) is 0 Å². The molecule has 0 aliphatic rings. The van der Waals surface area contributed by atoms with E-state index in [9.17, 15) is 4.79 Å². The molecule has 0 spiro atoms. The van der Waals surface area contributed by atoms with E-state index < -0.39 is 0 Å². The van der Waals surface area contributed by atoms with Gasteiger partial charge in [0.2, 0.25) is 0 Å². The molecule has 2 aromatic carbocycles. The number of hydrogen-bond donors (Lipinski definition) is 1. The van der Waals surface area contributed by atoms with Crippen LogP contribution in [0.25, 0.3) is 0 Å². The first-order valence-electron chi connectivity index (χ1n) is 6.52. The van der Waals surface area contributed by atoms with Gasteiger partial charge in [-0.1, -0.05) is 29.8 Å². The van der Waals surface area contributed by atoms with Gasteiger partial charge in [0.25, 0.3) is 5.91 Å². The van der Waals surface area contributed by atoms with Crippen LogP contribution in [0.3, 0.4) is 0 Å². The maximum absolute atomic E-state index is 12.5. The van der Waals surface area contributed by atoms with Gasteiger partial charge in [-0.2, -0.15) is 0 Å². The standard InChI is InChI=1S/C17H16ClNOS/c1-3-10-21-16-7-5-4-6-14(16)17(20)19-15-9-8-13(18)11-12(15)2/h3-9,11H,1,10H2,2H3,(H,19,20). The molecule has 0 bridgehead atoms. The van der Waals surface area contributed by atoms with Crippen LogP contribution in [0.2, 0.25) is 5.02 Å². The lowest BCUT2D eigenvalue weighted by atomic mass is 10.1. The molecule has 0 heterocycles. The van der Waals surface area contributed by atoms with Gasteiger partial charge in [-0.3, -0.25) is 4.79 Å². The van der Waals surface area contributed by atoms with Gasteiger partial charge in [0.15, 0.2) is 0 Å². The Labute approximate surface area is 134 Å². The predicted octanol–water partition coefficient (Wildman–Crippen LogP) is 5.18. The maximum atomic E-state index is 12.5. The van der Waals surface area contributed by atoms with Gasteiger partial charge in [-0.15, -0.1) is 18.3 Å². The molecule has 108 valence electrons. The number of rotatable bonds is 5. The third-order valence-electron chi connectivity index (χ3n) is 2.93. The Bertz CT molecular complexity index is 670. The number of nitrogens with one attached hydrogen (secondary N) is 1. The minimum absolute atomic E-state index is 0.118. The van der Waals surface area contributed by atoms with Crippen LogP contribution in [0.15, 0.2) is 60.0 Å². The quantitative estimate of drug-likeness (QED) is 0.608. The molecule has 1 N–H and O–H groups in total. The summed E-state index contributed by atoms with van der Waals surface area (Å²) in [6, 6.07) is 13.0. The zero-order valence-electron chi connectivity index (χ0n) is 11.7. The van der Waals surface area contributed by atoms with E-state index >= 15 is 0 Å². The molecule has 21 heavy (non-hydrogen) atoms. The predicted molar refractivity (Wildman–Crippen MR) is 91.5 cm³/mol. The number of halogens is 1. The molecule has 0 aliphatic heterocycles. The summed E-state index contributed by atoms with van der Waals surface area (Å²) in [5.74, 6) is 0.650. The number of hydrogen-bond acceptors (Lipinski definition) is 2. The fraction of sp³-hybridized carbons (Fsp3) is 0.118. The number of thioether (sulfide) groups is 1. The van der Waals surface area contributed by atoms with Crippen LogP contribution in [0.4, 0.5) is 5.69 Å². The monoisotopic (exact) mass is 317 g/mol. The summed E-state index contributed by atoms with van der Waals surface area (Å²) in [4.78, 5) is 13.4. The maximum Gasteiger partial charge on any atom is 0.256 e. The van der Waals surface area contributed by atoms with Crippen molar-refractivity contribution in [1.82, 2.24) is 0 Å². The Morgan fingerprint density at radius 1 is 1.33 bits per heavy atom. The summed E-state index contributed by atoms with van der Waals surface area (Å²) < 4.78 is 0. The van der Waals surface area contributed by atoms with E-state index in [4.69, 9.17) is 11.6 Å². The Morgan fingerprint density at radius 3 is 2.81 bits per heavy atom. The van der Waals surface area contributed by atoms with Crippen LogP contribution >= 0.6 is 23.4 Å². The van der Waals surface area contributed by atoms with Crippen molar-refractivity contribution >= 4 is 35.0 Å². The number of amides is 1. The highest BCUT2D eigenvalue weighted by molar-refractivity contribution is 7.99. The van der Waals surface area contributed by atoms with Crippen molar-refractivity contribution in [3.63, 3.8) is 0 Å². The Morgan fingerprint density at radius 2 is 2.10 bits per heavy atom. The molecule has 0 atom stereocenters. The van der Waals surface area contributed by atoms with Gasteiger partial charge in [0.1, 0.15) is 0 Å². The minimum Gasteiger partial charge on any atom is -0.322 e. The lowest BCUT2D eigenvalue weighted by molar-refractivity contribution is 0.102. The topological polar surface area (TPSA) is 29.1 Å². The van der Waals surface area contributed by atoms with Crippen LogP contribution in [-0.2, 0) is 0 Å². The third-order valence-corrected chi connectivity index (χ3v) is 4.23. The normalized spacial score (nSPS) is 10.2. The molecule has 0 saturated heterocycles.